The summed E-state index contributed by atoms with van der Waals surface area (Å²) in [6.07, 6.45) is 17.2. The highest BCUT2D eigenvalue weighted by Crippen LogP contribution is 2.47. The summed E-state index contributed by atoms with van der Waals surface area (Å²) in [5, 5.41) is 0. The second-order valence-corrected chi connectivity index (χ2v) is 8.98. The molecule has 0 spiro atoms. The fourth-order valence-corrected chi connectivity index (χ4v) is 5.66. The van der Waals surface area contributed by atoms with Crippen LogP contribution < -0.4 is 0 Å². The Hall–Kier alpha value is -2.67. The van der Waals surface area contributed by atoms with Crippen molar-refractivity contribution in [2.75, 3.05) is 0 Å². The highest BCUT2D eigenvalue weighted by atomic mass is 16.1. The van der Waals surface area contributed by atoms with Crippen LogP contribution in [0.5, 0.6) is 0 Å². The van der Waals surface area contributed by atoms with Crippen molar-refractivity contribution < 1.29 is 4.79 Å². The predicted molar refractivity (Wildman–Crippen MR) is 124 cm³/mol. The first-order chi connectivity index (χ1) is 14.8. The van der Waals surface area contributed by atoms with Crippen LogP contribution >= 0.6 is 0 Å². The number of rotatable bonds is 2. The molecule has 1 heteroatoms. The van der Waals surface area contributed by atoms with E-state index in [0.717, 1.165) is 16.7 Å². The molecule has 3 aliphatic carbocycles. The Morgan fingerprint density at radius 1 is 0.700 bits per heavy atom. The summed E-state index contributed by atoms with van der Waals surface area (Å²) in [6, 6.07) is 18.9. The number of hydrogen-bond donors (Lipinski definition) is 0. The lowest BCUT2D eigenvalue weighted by Gasteiger charge is -2.35. The molecular formula is C29H30O. The summed E-state index contributed by atoms with van der Waals surface area (Å²) < 4.78 is 0. The maximum atomic E-state index is 13.5. The topological polar surface area (TPSA) is 17.1 Å². The predicted octanol–water partition coefficient (Wildman–Crippen LogP) is 7.55. The monoisotopic (exact) mass is 394 g/mol. The summed E-state index contributed by atoms with van der Waals surface area (Å²) in [7, 11) is 0. The van der Waals surface area contributed by atoms with Crippen molar-refractivity contribution in [3.63, 3.8) is 0 Å². The Morgan fingerprint density at radius 3 is 2.07 bits per heavy atom. The summed E-state index contributed by atoms with van der Waals surface area (Å²) in [4.78, 5) is 13.5. The Labute approximate surface area is 180 Å². The van der Waals surface area contributed by atoms with E-state index in [-0.39, 0.29) is 5.78 Å². The zero-order chi connectivity index (χ0) is 20.3. The van der Waals surface area contributed by atoms with Crippen LogP contribution in [0.2, 0.25) is 0 Å². The van der Waals surface area contributed by atoms with Crippen LogP contribution in [-0.2, 0) is 0 Å². The van der Waals surface area contributed by atoms with Crippen molar-refractivity contribution in [3.8, 4) is 0 Å². The first-order valence-corrected chi connectivity index (χ1v) is 11.7. The molecular weight excluding hydrogens is 364 g/mol. The first kappa shape index (κ1) is 19.3. The fourth-order valence-electron chi connectivity index (χ4n) is 5.66. The largest absolute Gasteiger partial charge is 0.289 e. The SMILES string of the molecule is O=C1C2=CC=CC(C3CCCCCCCC3)C2=C(c2ccccc2)c2ccccc21. The molecule has 0 bridgehead atoms. The van der Waals surface area contributed by atoms with Gasteiger partial charge in [-0.1, -0.05) is 111 Å². The summed E-state index contributed by atoms with van der Waals surface area (Å²) in [6.45, 7) is 0. The summed E-state index contributed by atoms with van der Waals surface area (Å²) in [5.74, 6) is 1.14. The van der Waals surface area contributed by atoms with Gasteiger partial charge in [0.2, 0.25) is 0 Å². The molecule has 0 heterocycles. The lowest BCUT2D eigenvalue weighted by atomic mass is 9.67. The molecule has 1 nitrogen and oxygen atoms in total. The molecule has 30 heavy (non-hydrogen) atoms. The van der Waals surface area contributed by atoms with Crippen LogP contribution in [0.1, 0.15) is 72.9 Å². The quantitative estimate of drug-likeness (QED) is 0.514. The van der Waals surface area contributed by atoms with Crippen molar-refractivity contribution in [1.82, 2.24) is 0 Å². The van der Waals surface area contributed by atoms with E-state index in [4.69, 9.17) is 0 Å². The molecule has 0 N–H and O–H groups in total. The van der Waals surface area contributed by atoms with E-state index in [1.807, 2.05) is 12.1 Å². The second-order valence-electron chi connectivity index (χ2n) is 8.98. The van der Waals surface area contributed by atoms with Crippen molar-refractivity contribution in [2.24, 2.45) is 11.8 Å². The van der Waals surface area contributed by atoms with Crippen LogP contribution in [0, 0.1) is 11.8 Å². The molecule has 1 atom stereocenters. The van der Waals surface area contributed by atoms with Gasteiger partial charge in [0.05, 0.1) is 0 Å². The van der Waals surface area contributed by atoms with Gasteiger partial charge in [-0.05, 0) is 41.0 Å². The molecule has 0 aromatic heterocycles. The molecule has 0 radical (unpaired) electrons. The fraction of sp³-hybridized carbons (Fsp3) is 0.345. The Bertz CT molecular complexity index is 1010. The number of allylic oxidation sites excluding steroid dienone is 5. The highest BCUT2D eigenvalue weighted by Gasteiger charge is 2.36. The molecule has 2 aromatic carbocycles. The molecule has 0 saturated heterocycles. The van der Waals surface area contributed by atoms with Gasteiger partial charge < -0.3 is 0 Å². The van der Waals surface area contributed by atoms with Gasteiger partial charge in [0.1, 0.15) is 0 Å². The van der Waals surface area contributed by atoms with Gasteiger partial charge in [-0.15, -0.1) is 0 Å². The molecule has 3 aliphatic rings. The van der Waals surface area contributed by atoms with Crippen molar-refractivity contribution in [1.29, 1.82) is 0 Å². The van der Waals surface area contributed by atoms with Gasteiger partial charge in [-0.3, -0.25) is 4.79 Å². The zero-order valence-corrected chi connectivity index (χ0v) is 17.6. The molecule has 1 saturated carbocycles. The van der Waals surface area contributed by atoms with Gasteiger partial charge in [0.15, 0.2) is 5.78 Å². The van der Waals surface area contributed by atoms with Gasteiger partial charge in [-0.2, -0.15) is 0 Å². The van der Waals surface area contributed by atoms with Gasteiger partial charge in [0, 0.05) is 17.1 Å². The molecule has 0 aliphatic heterocycles. The first-order valence-electron chi connectivity index (χ1n) is 11.7. The standard InChI is InChI=1S/C29H30O/c30-29-25-18-11-10-17-24(25)27(22-15-8-5-9-16-22)28-23(19-12-20-26(28)29)21-13-6-3-1-2-4-7-14-21/h5,8-12,15-21,23H,1-4,6-7,13-14H2. The molecule has 152 valence electrons. The van der Waals surface area contributed by atoms with Crippen LogP contribution in [0.15, 0.2) is 84.0 Å². The smallest absolute Gasteiger partial charge is 0.193 e. The Kier molecular flexibility index (Phi) is 5.53. The van der Waals surface area contributed by atoms with E-state index in [1.54, 1.807) is 0 Å². The lowest BCUT2D eigenvalue weighted by Crippen LogP contribution is -2.26. The van der Waals surface area contributed by atoms with Crippen molar-refractivity contribution in [3.05, 3.63) is 101 Å². The van der Waals surface area contributed by atoms with Gasteiger partial charge in [-0.25, -0.2) is 0 Å². The van der Waals surface area contributed by atoms with E-state index in [1.165, 1.54) is 68.1 Å². The van der Waals surface area contributed by atoms with Gasteiger partial charge in [0.25, 0.3) is 0 Å². The lowest BCUT2D eigenvalue weighted by molar-refractivity contribution is 0.103. The number of Topliss-reactive ketones (excluding diaryl/α,β-unsaturated/α-hetero) is 1. The molecule has 0 amide bonds. The number of carbonyl (C=O) groups excluding carboxylic acids is 1. The normalized spacial score (nSPS) is 22.5. The third-order valence-corrected chi connectivity index (χ3v) is 7.13. The zero-order valence-electron chi connectivity index (χ0n) is 17.6. The van der Waals surface area contributed by atoms with E-state index < -0.39 is 0 Å². The maximum Gasteiger partial charge on any atom is 0.193 e. The van der Waals surface area contributed by atoms with Crippen LogP contribution in [0.25, 0.3) is 5.57 Å². The van der Waals surface area contributed by atoms with Crippen LogP contribution in [0.4, 0.5) is 0 Å². The van der Waals surface area contributed by atoms with Gasteiger partial charge >= 0.3 is 0 Å². The maximum absolute atomic E-state index is 13.5. The van der Waals surface area contributed by atoms with Crippen LogP contribution in [0.3, 0.4) is 0 Å². The van der Waals surface area contributed by atoms with Crippen LogP contribution in [-0.4, -0.2) is 5.78 Å². The minimum atomic E-state index is 0.192. The summed E-state index contributed by atoms with van der Waals surface area (Å²) in [5.41, 5.74) is 6.63. The molecule has 2 aromatic rings. The summed E-state index contributed by atoms with van der Waals surface area (Å²) >= 11 is 0. The highest BCUT2D eigenvalue weighted by molar-refractivity contribution is 6.20. The van der Waals surface area contributed by atoms with Crippen molar-refractivity contribution >= 4 is 11.4 Å². The van der Waals surface area contributed by atoms with E-state index in [9.17, 15) is 4.79 Å². The Balaban J connectivity index is 1.69. The third kappa shape index (κ3) is 3.51. The van der Waals surface area contributed by atoms with Crippen molar-refractivity contribution in [2.45, 2.75) is 51.4 Å². The molecule has 1 fully saturated rings. The Morgan fingerprint density at radius 2 is 1.33 bits per heavy atom. The molecule has 5 rings (SSSR count). The number of fused-ring (bicyclic) bond motifs is 2. The van der Waals surface area contributed by atoms with E-state index in [0.29, 0.717) is 11.8 Å². The van der Waals surface area contributed by atoms with E-state index >= 15 is 0 Å². The average molecular weight is 395 g/mol. The number of ketones is 1. The van der Waals surface area contributed by atoms with E-state index in [2.05, 4.69) is 60.7 Å². The molecule has 1 unspecified atom stereocenters. The average Bonchev–Trinajstić information content (AvgIpc) is 2.94. The minimum absolute atomic E-state index is 0.192. The number of benzene rings is 2. The third-order valence-electron chi connectivity index (χ3n) is 7.13. The minimum Gasteiger partial charge on any atom is -0.289 e. The number of carbonyl (C=O) groups is 1. The number of hydrogen-bond acceptors (Lipinski definition) is 1. The second kappa shape index (κ2) is 8.60.